The molecule has 17 heavy (non-hydrogen) atoms. The van der Waals surface area contributed by atoms with Gasteiger partial charge in [-0.1, -0.05) is 34.1 Å². The van der Waals surface area contributed by atoms with Crippen LogP contribution in [-0.4, -0.2) is 24.5 Å². The number of hydrogen-bond donors (Lipinski definition) is 2. The summed E-state index contributed by atoms with van der Waals surface area (Å²) in [6, 6.07) is 0.387. The van der Waals surface area contributed by atoms with Crippen LogP contribution in [0.4, 0.5) is 0 Å². The van der Waals surface area contributed by atoms with Crippen molar-refractivity contribution in [1.29, 1.82) is 0 Å². The molecule has 1 aliphatic rings. The van der Waals surface area contributed by atoms with Gasteiger partial charge in [0.15, 0.2) is 0 Å². The lowest BCUT2D eigenvalue weighted by atomic mass is 9.87. The highest BCUT2D eigenvalue weighted by Crippen LogP contribution is 2.37. The van der Waals surface area contributed by atoms with Crippen molar-refractivity contribution in [3.8, 4) is 0 Å². The largest absolute Gasteiger partial charge is 0.354 e. The zero-order valence-corrected chi connectivity index (χ0v) is 12.0. The maximum atomic E-state index is 11.9. The zero-order valence-electron chi connectivity index (χ0n) is 12.0. The lowest BCUT2D eigenvalue weighted by Gasteiger charge is -2.30. The fraction of sp³-hybridized carbons (Fsp3) is 0.929. The van der Waals surface area contributed by atoms with E-state index in [-0.39, 0.29) is 11.9 Å². The first kappa shape index (κ1) is 14.5. The van der Waals surface area contributed by atoms with Crippen LogP contribution >= 0.6 is 0 Å². The number of rotatable bonds is 5. The molecule has 0 heterocycles. The Labute approximate surface area is 106 Å². The van der Waals surface area contributed by atoms with Crippen molar-refractivity contribution in [3.05, 3.63) is 0 Å². The van der Waals surface area contributed by atoms with Gasteiger partial charge in [0.1, 0.15) is 0 Å². The second kappa shape index (κ2) is 5.85. The third kappa shape index (κ3) is 4.30. The Morgan fingerprint density at radius 2 is 2.00 bits per heavy atom. The van der Waals surface area contributed by atoms with Crippen LogP contribution in [0.1, 0.15) is 53.9 Å². The molecule has 1 rings (SSSR count). The molecule has 0 aromatic heterocycles. The van der Waals surface area contributed by atoms with Crippen molar-refractivity contribution in [2.75, 3.05) is 6.54 Å². The average Bonchev–Trinajstić information content (AvgIpc) is 2.54. The molecule has 0 bridgehead atoms. The van der Waals surface area contributed by atoms with E-state index in [1.165, 1.54) is 19.3 Å². The van der Waals surface area contributed by atoms with Gasteiger partial charge in [-0.25, -0.2) is 0 Å². The van der Waals surface area contributed by atoms with Gasteiger partial charge in [-0.3, -0.25) is 4.79 Å². The predicted octanol–water partition coefficient (Wildman–Crippen LogP) is 2.32. The van der Waals surface area contributed by atoms with Crippen LogP contribution < -0.4 is 10.6 Å². The molecule has 0 aromatic rings. The Morgan fingerprint density at radius 1 is 1.35 bits per heavy atom. The quantitative estimate of drug-likeness (QED) is 0.774. The van der Waals surface area contributed by atoms with Crippen LogP contribution in [0.2, 0.25) is 0 Å². The van der Waals surface area contributed by atoms with E-state index in [9.17, 15) is 4.79 Å². The smallest absolute Gasteiger partial charge is 0.236 e. The van der Waals surface area contributed by atoms with E-state index in [0.29, 0.717) is 17.4 Å². The first-order valence-electron chi connectivity index (χ1n) is 6.86. The van der Waals surface area contributed by atoms with Gasteiger partial charge in [-0.15, -0.1) is 0 Å². The molecule has 0 radical (unpaired) electrons. The molecule has 2 atom stereocenters. The maximum absolute atomic E-state index is 11.9. The summed E-state index contributed by atoms with van der Waals surface area (Å²) in [6.45, 7) is 11.5. The molecule has 1 aliphatic carbocycles. The second-order valence-electron chi connectivity index (χ2n) is 6.46. The lowest BCUT2D eigenvalue weighted by molar-refractivity contribution is -0.123. The Morgan fingerprint density at radius 3 is 2.47 bits per heavy atom. The molecule has 0 aliphatic heterocycles. The van der Waals surface area contributed by atoms with Crippen LogP contribution in [0, 0.1) is 11.3 Å². The standard InChI is InChI=1S/C14H28N2O/c1-10(2)9-15-13(17)11(3)16-12-7-6-8-14(12,4)5/h10-12,16H,6-9H2,1-5H3,(H,15,17). The van der Waals surface area contributed by atoms with Gasteiger partial charge in [-0.2, -0.15) is 0 Å². The van der Waals surface area contributed by atoms with Gasteiger partial charge in [0.25, 0.3) is 0 Å². The van der Waals surface area contributed by atoms with E-state index in [2.05, 4.69) is 38.3 Å². The normalized spacial score (nSPS) is 24.9. The summed E-state index contributed by atoms with van der Waals surface area (Å²) >= 11 is 0. The molecule has 0 saturated heterocycles. The van der Waals surface area contributed by atoms with Crippen molar-refractivity contribution < 1.29 is 4.79 Å². The molecule has 2 unspecified atom stereocenters. The highest BCUT2D eigenvalue weighted by molar-refractivity contribution is 5.81. The van der Waals surface area contributed by atoms with Crippen molar-refractivity contribution in [2.24, 2.45) is 11.3 Å². The van der Waals surface area contributed by atoms with Gasteiger partial charge >= 0.3 is 0 Å². The molecule has 2 N–H and O–H groups in total. The van der Waals surface area contributed by atoms with Crippen LogP contribution in [0.15, 0.2) is 0 Å². The fourth-order valence-electron chi connectivity index (χ4n) is 2.47. The molecular weight excluding hydrogens is 212 g/mol. The average molecular weight is 240 g/mol. The van der Waals surface area contributed by atoms with Crippen molar-refractivity contribution in [1.82, 2.24) is 10.6 Å². The lowest BCUT2D eigenvalue weighted by Crippen LogP contribution is -2.50. The van der Waals surface area contributed by atoms with Gasteiger partial charge < -0.3 is 10.6 Å². The second-order valence-corrected chi connectivity index (χ2v) is 6.46. The Hall–Kier alpha value is -0.570. The molecule has 0 spiro atoms. The van der Waals surface area contributed by atoms with E-state index in [1.807, 2.05) is 6.92 Å². The zero-order chi connectivity index (χ0) is 13.1. The highest BCUT2D eigenvalue weighted by Gasteiger charge is 2.35. The topological polar surface area (TPSA) is 41.1 Å². The first-order chi connectivity index (χ1) is 7.83. The third-order valence-corrected chi connectivity index (χ3v) is 3.79. The Bertz CT molecular complexity index is 261. The number of carbonyl (C=O) groups excluding carboxylic acids is 1. The molecule has 3 heteroatoms. The van der Waals surface area contributed by atoms with Gasteiger partial charge in [0, 0.05) is 12.6 Å². The van der Waals surface area contributed by atoms with Gasteiger partial charge in [0.05, 0.1) is 6.04 Å². The van der Waals surface area contributed by atoms with Crippen LogP contribution in [0.3, 0.4) is 0 Å². The first-order valence-corrected chi connectivity index (χ1v) is 6.86. The summed E-state index contributed by atoms with van der Waals surface area (Å²) < 4.78 is 0. The van der Waals surface area contributed by atoms with Crippen LogP contribution in [0.25, 0.3) is 0 Å². The summed E-state index contributed by atoms with van der Waals surface area (Å²) in [5.41, 5.74) is 0.326. The summed E-state index contributed by atoms with van der Waals surface area (Å²) in [5, 5.41) is 6.46. The molecule has 1 fully saturated rings. The van der Waals surface area contributed by atoms with Crippen molar-refractivity contribution in [2.45, 2.75) is 66.0 Å². The van der Waals surface area contributed by atoms with E-state index < -0.39 is 0 Å². The number of amides is 1. The van der Waals surface area contributed by atoms with E-state index in [4.69, 9.17) is 0 Å². The molecule has 100 valence electrons. The molecule has 1 amide bonds. The highest BCUT2D eigenvalue weighted by atomic mass is 16.2. The summed E-state index contributed by atoms with van der Waals surface area (Å²) in [5.74, 6) is 0.635. The molecule has 1 saturated carbocycles. The summed E-state index contributed by atoms with van der Waals surface area (Å²) in [7, 11) is 0. The predicted molar refractivity (Wildman–Crippen MR) is 71.9 cm³/mol. The maximum Gasteiger partial charge on any atom is 0.236 e. The molecule has 3 nitrogen and oxygen atoms in total. The Kier molecular flexibility index (Phi) is 4.99. The van der Waals surface area contributed by atoms with E-state index in [0.717, 1.165) is 6.54 Å². The van der Waals surface area contributed by atoms with Gasteiger partial charge in [0.2, 0.25) is 5.91 Å². The van der Waals surface area contributed by atoms with Crippen LogP contribution in [-0.2, 0) is 4.79 Å². The fourth-order valence-corrected chi connectivity index (χ4v) is 2.47. The number of carbonyl (C=O) groups is 1. The third-order valence-electron chi connectivity index (χ3n) is 3.79. The number of nitrogens with one attached hydrogen (secondary N) is 2. The van der Waals surface area contributed by atoms with E-state index >= 15 is 0 Å². The summed E-state index contributed by atoms with van der Waals surface area (Å²) in [4.78, 5) is 11.9. The summed E-state index contributed by atoms with van der Waals surface area (Å²) in [6.07, 6.45) is 3.71. The molecular formula is C14H28N2O. The van der Waals surface area contributed by atoms with Gasteiger partial charge in [-0.05, 0) is 31.1 Å². The molecule has 0 aromatic carbocycles. The monoisotopic (exact) mass is 240 g/mol. The minimum Gasteiger partial charge on any atom is -0.354 e. The minimum atomic E-state index is -0.0869. The number of hydrogen-bond acceptors (Lipinski definition) is 2. The van der Waals surface area contributed by atoms with E-state index in [1.54, 1.807) is 0 Å². The Balaban J connectivity index is 2.38. The van der Waals surface area contributed by atoms with Crippen LogP contribution in [0.5, 0.6) is 0 Å². The van der Waals surface area contributed by atoms with Crippen molar-refractivity contribution in [3.63, 3.8) is 0 Å². The van der Waals surface area contributed by atoms with Crippen molar-refractivity contribution >= 4 is 5.91 Å². The minimum absolute atomic E-state index is 0.0869. The SMILES string of the molecule is CC(C)CNC(=O)C(C)NC1CCCC1(C)C.